The number of halogens is 1. The maximum Gasteiger partial charge on any atom is 0.307 e. The first-order valence-electron chi connectivity index (χ1n) is 8.40. The van der Waals surface area contributed by atoms with Crippen molar-refractivity contribution in [2.45, 2.75) is 6.92 Å². The molecule has 0 atom stereocenters. The van der Waals surface area contributed by atoms with Gasteiger partial charge in [0.25, 0.3) is 0 Å². The number of nitriles is 1. The van der Waals surface area contributed by atoms with Gasteiger partial charge in [0.15, 0.2) is 23.9 Å². The molecule has 3 rings (SSSR count). The number of rotatable bonds is 7. The van der Waals surface area contributed by atoms with Crippen LogP contribution in [0.4, 0.5) is 0 Å². The zero-order valence-corrected chi connectivity index (χ0v) is 16.5. The lowest BCUT2D eigenvalue weighted by atomic mass is 10.2. The number of hydrogen-bond acceptors (Lipinski definition) is 6. The lowest BCUT2D eigenvalue weighted by Crippen LogP contribution is -2.16. The second-order valence-corrected chi connectivity index (χ2v) is 6.41. The molecule has 7 nitrogen and oxygen atoms in total. The number of nitrogens with zero attached hydrogens (tertiary/aromatic N) is 2. The normalized spacial score (nSPS) is 10.8. The lowest BCUT2D eigenvalue weighted by Gasteiger charge is -2.12. The van der Waals surface area contributed by atoms with Crippen LogP contribution < -0.4 is 14.9 Å². The van der Waals surface area contributed by atoms with Gasteiger partial charge in [-0.25, -0.2) is 5.43 Å². The molecular formula is C20H16BrN3O4. The van der Waals surface area contributed by atoms with Crippen molar-refractivity contribution < 1.29 is 18.7 Å². The second kappa shape index (κ2) is 9.06. The summed E-state index contributed by atoms with van der Waals surface area (Å²) in [6, 6.07) is 14.4. The molecule has 142 valence electrons. The summed E-state index contributed by atoms with van der Waals surface area (Å²) >= 11 is 3.40. The van der Waals surface area contributed by atoms with E-state index in [0.717, 1.165) is 5.39 Å². The van der Waals surface area contributed by atoms with Crippen LogP contribution in [0.1, 0.15) is 23.0 Å². The molecule has 0 aliphatic carbocycles. The maximum atomic E-state index is 12.2. The zero-order chi connectivity index (χ0) is 19.9. The van der Waals surface area contributed by atoms with E-state index in [-0.39, 0.29) is 12.4 Å². The van der Waals surface area contributed by atoms with E-state index in [1.165, 1.54) is 6.21 Å². The molecule has 1 aromatic heterocycles. The molecule has 2 aromatic carbocycles. The van der Waals surface area contributed by atoms with E-state index in [1.807, 2.05) is 31.2 Å². The Labute approximate surface area is 169 Å². The summed E-state index contributed by atoms with van der Waals surface area (Å²) in [5, 5.41) is 13.5. The summed E-state index contributed by atoms with van der Waals surface area (Å²) in [5.74, 6) is 0.629. The molecule has 28 heavy (non-hydrogen) atoms. The Morgan fingerprint density at radius 1 is 1.32 bits per heavy atom. The minimum Gasteiger partial charge on any atom is -0.490 e. The fourth-order valence-electron chi connectivity index (χ4n) is 2.48. The third-order valence-corrected chi connectivity index (χ3v) is 4.23. The molecule has 0 aliphatic heterocycles. The van der Waals surface area contributed by atoms with Gasteiger partial charge in [-0.2, -0.15) is 10.4 Å². The van der Waals surface area contributed by atoms with E-state index in [4.69, 9.17) is 19.2 Å². The molecule has 0 saturated heterocycles. The van der Waals surface area contributed by atoms with Crippen LogP contribution in [-0.2, 0) is 0 Å². The summed E-state index contributed by atoms with van der Waals surface area (Å²) in [5.41, 5.74) is 3.74. The van der Waals surface area contributed by atoms with Crippen LogP contribution in [0.25, 0.3) is 11.0 Å². The number of amides is 1. The van der Waals surface area contributed by atoms with E-state index < -0.39 is 5.91 Å². The Hall–Kier alpha value is -3.31. The van der Waals surface area contributed by atoms with Gasteiger partial charge in [0.05, 0.1) is 17.3 Å². The molecule has 1 N–H and O–H groups in total. The van der Waals surface area contributed by atoms with Crippen LogP contribution in [0, 0.1) is 11.3 Å². The first kappa shape index (κ1) is 19.5. The number of ether oxygens (including phenoxy) is 2. The molecule has 0 saturated carbocycles. The number of nitrogens with one attached hydrogen (secondary N) is 1. The quantitative estimate of drug-likeness (QED) is 0.436. The van der Waals surface area contributed by atoms with E-state index in [2.05, 4.69) is 26.5 Å². The number of para-hydroxylation sites is 1. The maximum absolute atomic E-state index is 12.2. The molecule has 8 heteroatoms. The van der Waals surface area contributed by atoms with Gasteiger partial charge < -0.3 is 13.9 Å². The van der Waals surface area contributed by atoms with Crippen molar-refractivity contribution in [2.75, 3.05) is 13.2 Å². The van der Waals surface area contributed by atoms with Gasteiger partial charge in [0, 0.05) is 5.39 Å². The highest BCUT2D eigenvalue weighted by Gasteiger charge is 2.13. The zero-order valence-electron chi connectivity index (χ0n) is 14.9. The van der Waals surface area contributed by atoms with Crippen LogP contribution in [0.2, 0.25) is 0 Å². The van der Waals surface area contributed by atoms with E-state index in [9.17, 15) is 4.79 Å². The second-order valence-electron chi connectivity index (χ2n) is 5.56. The van der Waals surface area contributed by atoms with Crippen LogP contribution >= 0.6 is 15.9 Å². The molecular weight excluding hydrogens is 426 g/mol. The van der Waals surface area contributed by atoms with Crippen LogP contribution in [0.15, 0.2) is 56.5 Å². The summed E-state index contributed by atoms with van der Waals surface area (Å²) in [4.78, 5) is 12.2. The van der Waals surface area contributed by atoms with Crippen molar-refractivity contribution in [2.24, 2.45) is 5.10 Å². The van der Waals surface area contributed by atoms with E-state index >= 15 is 0 Å². The molecule has 0 aliphatic rings. The number of hydrazone groups is 1. The highest BCUT2D eigenvalue weighted by Crippen LogP contribution is 2.36. The predicted molar refractivity (Wildman–Crippen MR) is 108 cm³/mol. The third-order valence-electron chi connectivity index (χ3n) is 3.64. The Morgan fingerprint density at radius 3 is 2.89 bits per heavy atom. The van der Waals surface area contributed by atoms with Gasteiger partial charge in [-0.1, -0.05) is 18.2 Å². The van der Waals surface area contributed by atoms with E-state index in [1.54, 1.807) is 24.3 Å². The number of carbonyl (C=O) groups excluding carboxylic acids is 1. The SMILES string of the molecule is CCOc1cc(/C=N/NC(=O)c2cc3ccccc3o2)cc(Br)c1OCC#N. The molecule has 3 aromatic rings. The van der Waals surface area contributed by atoms with Crippen LogP contribution in [0.3, 0.4) is 0 Å². The molecule has 1 heterocycles. The number of carbonyl (C=O) groups is 1. The Kier molecular flexibility index (Phi) is 6.29. The average molecular weight is 442 g/mol. The average Bonchev–Trinajstić information content (AvgIpc) is 3.12. The van der Waals surface area contributed by atoms with Gasteiger partial charge in [-0.05, 0) is 52.7 Å². The molecule has 0 fully saturated rings. The Bertz CT molecular complexity index is 1040. The first-order valence-corrected chi connectivity index (χ1v) is 9.19. The topological polar surface area (TPSA) is 96.8 Å². The van der Waals surface area contributed by atoms with Gasteiger partial charge in [-0.15, -0.1) is 0 Å². The highest BCUT2D eigenvalue weighted by atomic mass is 79.9. The van der Waals surface area contributed by atoms with E-state index in [0.29, 0.717) is 33.7 Å². The summed E-state index contributed by atoms with van der Waals surface area (Å²) < 4.78 is 17.1. The fraction of sp³-hybridized carbons (Fsp3) is 0.150. The summed E-state index contributed by atoms with van der Waals surface area (Å²) in [6.45, 7) is 2.18. The van der Waals surface area contributed by atoms with Gasteiger partial charge in [-0.3, -0.25) is 4.79 Å². The third kappa shape index (κ3) is 4.50. The Morgan fingerprint density at radius 2 is 2.14 bits per heavy atom. The summed E-state index contributed by atoms with van der Waals surface area (Å²) in [6.07, 6.45) is 1.47. The number of fused-ring (bicyclic) bond motifs is 1. The van der Waals surface area contributed by atoms with Gasteiger partial charge >= 0.3 is 5.91 Å². The minimum atomic E-state index is -0.453. The standard InChI is InChI=1S/C20H16BrN3O4/c1-2-26-17-10-13(9-15(21)19(17)27-8-7-22)12-23-24-20(25)18-11-14-5-3-4-6-16(14)28-18/h3-6,9-12H,2,8H2,1H3,(H,24,25)/b23-12+. The van der Waals surface area contributed by atoms with Crippen molar-refractivity contribution in [3.8, 4) is 17.6 Å². The van der Waals surface area contributed by atoms with Gasteiger partial charge in [0.1, 0.15) is 11.7 Å². The molecule has 0 unspecified atom stereocenters. The minimum absolute atomic E-state index is 0.0976. The Balaban J connectivity index is 1.74. The molecule has 1 amide bonds. The van der Waals surface area contributed by atoms with Crippen LogP contribution in [0.5, 0.6) is 11.5 Å². The molecule has 0 radical (unpaired) electrons. The fourth-order valence-corrected chi connectivity index (χ4v) is 3.06. The van der Waals surface area contributed by atoms with Crippen molar-refractivity contribution in [3.05, 3.63) is 58.3 Å². The van der Waals surface area contributed by atoms with Crippen LogP contribution in [-0.4, -0.2) is 25.3 Å². The first-order chi connectivity index (χ1) is 13.6. The highest BCUT2D eigenvalue weighted by molar-refractivity contribution is 9.10. The van der Waals surface area contributed by atoms with Gasteiger partial charge in [0.2, 0.25) is 0 Å². The number of benzene rings is 2. The van der Waals surface area contributed by atoms with Crippen molar-refractivity contribution in [1.82, 2.24) is 5.43 Å². The number of hydrogen-bond donors (Lipinski definition) is 1. The monoisotopic (exact) mass is 441 g/mol. The van der Waals surface area contributed by atoms with Crippen molar-refractivity contribution in [3.63, 3.8) is 0 Å². The summed E-state index contributed by atoms with van der Waals surface area (Å²) in [7, 11) is 0. The van der Waals surface area contributed by atoms with Crippen molar-refractivity contribution in [1.29, 1.82) is 5.26 Å². The largest absolute Gasteiger partial charge is 0.490 e. The number of furan rings is 1. The predicted octanol–water partition coefficient (Wildman–Crippen LogP) is 4.26. The molecule has 0 bridgehead atoms. The smallest absolute Gasteiger partial charge is 0.307 e. The lowest BCUT2D eigenvalue weighted by molar-refractivity contribution is 0.0929. The molecule has 0 spiro atoms. The van der Waals surface area contributed by atoms with Crippen molar-refractivity contribution >= 4 is 39.0 Å².